The van der Waals surface area contributed by atoms with E-state index in [1.807, 2.05) is 32.9 Å². The minimum atomic E-state index is -3.54. The van der Waals surface area contributed by atoms with E-state index in [0.717, 1.165) is 22.9 Å². The van der Waals surface area contributed by atoms with E-state index in [1.54, 1.807) is 24.3 Å². The number of amides is 2. The average molecular weight is 543 g/mol. The first-order valence-corrected chi connectivity index (χ1v) is 14.0. The maximum Gasteiger partial charge on any atom is 0.242 e. The van der Waals surface area contributed by atoms with Gasteiger partial charge < -0.3 is 10.2 Å². The van der Waals surface area contributed by atoms with Gasteiger partial charge in [-0.2, -0.15) is 0 Å². The Labute approximate surface area is 218 Å². The van der Waals surface area contributed by atoms with Crippen molar-refractivity contribution in [2.45, 2.75) is 52.6 Å². The van der Waals surface area contributed by atoms with E-state index in [-0.39, 0.29) is 31.3 Å². The highest BCUT2D eigenvalue weighted by Gasteiger charge is 2.28. The van der Waals surface area contributed by atoms with Gasteiger partial charge in [-0.1, -0.05) is 42.3 Å². The molecule has 1 N–H and O–H groups in total. The van der Waals surface area contributed by atoms with Crippen molar-refractivity contribution in [2.75, 3.05) is 24.2 Å². The van der Waals surface area contributed by atoms with Gasteiger partial charge >= 0.3 is 0 Å². The van der Waals surface area contributed by atoms with Crippen LogP contribution in [-0.2, 0) is 26.2 Å². The van der Waals surface area contributed by atoms with Crippen molar-refractivity contribution in [1.82, 2.24) is 10.2 Å². The van der Waals surface area contributed by atoms with Gasteiger partial charge in [0.2, 0.25) is 21.8 Å². The largest absolute Gasteiger partial charge is 0.357 e. The number of likely N-dealkylation sites (N-methyl/N-ethyl adjacent to an activating group) is 1. The lowest BCUT2D eigenvalue weighted by Crippen LogP contribution is -2.48. The van der Waals surface area contributed by atoms with E-state index in [2.05, 4.69) is 5.32 Å². The van der Waals surface area contributed by atoms with E-state index in [4.69, 9.17) is 23.2 Å². The van der Waals surface area contributed by atoms with Crippen LogP contribution in [0.25, 0.3) is 0 Å². The summed E-state index contributed by atoms with van der Waals surface area (Å²) >= 11 is 12.2. The van der Waals surface area contributed by atoms with E-state index in [1.165, 1.54) is 16.3 Å². The van der Waals surface area contributed by atoms with Gasteiger partial charge in [-0.3, -0.25) is 13.9 Å². The Morgan fingerprint density at radius 2 is 1.71 bits per heavy atom. The summed E-state index contributed by atoms with van der Waals surface area (Å²) < 4.78 is 26.3. The predicted octanol–water partition coefficient (Wildman–Crippen LogP) is 4.71. The standard InChI is InChI=1S/C25H33Cl2N3O4S/c1-6-23(25(32)28-4)29(16-19-10-12-21(26)22(27)15-19)24(31)8-7-13-30(35(5,33)34)20-11-9-17(2)18(3)14-20/h9-12,14-15,23H,6-8,13,16H2,1-5H3,(H,28,32)/t23-/m0/s1. The van der Waals surface area contributed by atoms with Crippen LogP contribution in [0.5, 0.6) is 0 Å². The average Bonchev–Trinajstić information content (AvgIpc) is 2.79. The van der Waals surface area contributed by atoms with Crippen molar-refractivity contribution >= 4 is 50.7 Å². The highest BCUT2D eigenvalue weighted by Crippen LogP contribution is 2.25. The van der Waals surface area contributed by atoms with Crippen LogP contribution in [0.4, 0.5) is 5.69 Å². The number of hydrogen-bond acceptors (Lipinski definition) is 4. The number of anilines is 1. The van der Waals surface area contributed by atoms with Crippen LogP contribution in [0.15, 0.2) is 36.4 Å². The van der Waals surface area contributed by atoms with E-state index >= 15 is 0 Å². The van der Waals surface area contributed by atoms with Crippen molar-refractivity contribution in [3.63, 3.8) is 0 Å². The number of nitrogens with zero attached hydrogens (tertiary/aromatic N) is 2. The fraction of sp³-hybridized carbons (Fsp3) is 0.440. The molecule has 0 saturated carbocycles. The van der Waals surface area contributed by atoms with Crippen LogP contribution in [0, 0.1) is 13.8 Å². The van der Waals surface area contributed by atoms with E-state index in [9.17, 15) is 18.0 Å². The first-order valence-electron chi connectivity index (χ1n) is 11.4. The number of carbonyl (C=O) groups excluding carboxylic acids is 2. The molecule has 2 amide bonds. The molecule has 0 unspecified atom stereocenters. The topological polar surface area (TPSA) is 86.8 Å². The minimum Gasteiger partial charge on any atom is -0.357 e. The van der Waals surface area contributed by atoms with Crippen molar-refractivity contribution in [2.24, 2.45) is 0 Å². The maximum absolute atomic E-state index is 13.3. The second kappa shape index (κ2) is 12.6. The number of sulfonamides is 1. The zero-order chi connectivity index (χ0) is 26.3. The van der Waals surface area contributed by atoms with Crippen LogP contribution >= 0.6 is 23.2 Å². The number of hydrogen-bond donors (Lipinski definition) is 1. The van der Waals surface area contributed by atoms with Crippen molar-refractivity contribution in [3.05, 3.63) is 63.1 Å². The minimum absolute atomic E-state index is 0.0751. The molecule has 2 aromatic carbocycles. The molecule has 0 aromatic heterocycles. The van der Waals surface area contributed by atoms with Crippen molar-refractivity contribution < 1.29 is 18.0 Å². The molecule has 0 bridgehead atoms. The van der Waals surface area contributed by atoms with Gasteiger partial charge in [0.25, 0.3) is 0 Å². The first-order chi connectivity index (χ1) is 16.4. The second-order valence-corrected chi connectivity index (χ2v) is 11.2. The van der Waals surface area contributed by atoms with Gasteiger partial charge in [0, 0.05) is 26.6 Å². The van der Waals surface area contributed by atoms with Gasteiger partial charge in [0.15, 0.2) is 0 Å². The summed E-state index contributed by atoms with van der Waals surface area (Å²) in [7, 11) is -2.02. The third-order valence-electron chi connectivity index (χ3n) is 5.90. The molecule has 2 aromatic rings. The number of rotatable bonds is 11. The maximum atomic E-state index is 13.3. The summed E-state index contributed by atoms with van der Waals surface area (Å²) in [6.07, 6.45) is 1.94. The molecule has 7 nitrogen and oxygen atoms in total. The number of carbonyl (C=O) groups is 2. The highest BCUT2D eigenvalue weighted by atomic mass is 35.5. The Morgan fingerprint density at radius 3 is 2.26 bits per heavy atom. The second-order valence-electron chi connectivity index (χ2n) is 8.52. The van der Waals surface area contributed by atoms with Crippen LogP contribution in [0.3, 0.4) is 0 Å². The molecule has 0 aliphatic carbocycles. The molecule has 35 heavy (non-hydrogen) atoms. The molecular weight excluding hydrogens is 509 g/mol. The molecule has 0 aliphatic rings. The van der Waals surface area contributed by atoms with Crippen LogP contribution in [-0.4, -0.2) is 51.0 Å². The van der Waals surface area contributed by atoms with E-state index in [0.29, 0.717) is 28.6 Å². The molecule has 0 spiro atoms. The Balaban J connectivity index is 2.22. The molecule has 0 saturated heterocycles. The lowest BCUT2D eigenvalue weighted by Gasteiger charge is -2.31. The fourth-order valence-electron chi connectivity index (χ4n) is 3.81. The predicted molar refractivity (Wildman–Crippen MR) is 142 cm³/mol. The van der Waals surface area contributed by atoms with Gasteiger partial charge in [-0.15, -0.1) is 0 Å². The number of aryl methyl sites for hydroxylation is 2. The summed E-state index contributed by atoms with van der Waals surface area (Å²) in [6.45, 7) is 6.04. The molecule has 10 heteroatoms. The molecule has 0 radical (unpaired) electrons. The van der Waals surface area contributed by atoms with Gasteiger partial charge in [0.05, 0.1) is 22.0 Å². The normalized spacial score (nSPS) is 12.2. The van der Waals surface area contributed by atoms with Gasteiger partial charge in [-0.25, -0.2) is 8.42 Å². The zero-order valence-electron chi connectivity index (χ0n) is 20.8. The smallest absolute Gasteiger partial charge is 0.242 e. The van der Waals surface area contributed by atoms with Crippen LogP contribution in [0.1, 0.15) is 42.9 Å². The summed E-state index contributed by atoms with van der Waals surface area (Å²) in [5, 5.41) is 3.38. The first kappa shape index (κ1) is 28.9. The summed E-state index contributed by atoms with van der Waals surface area (Å²) in [4.78, 5) is 27.3. The lowest BCUT2D eigenvalue weighted by molar-refractivity contribution is -0.141. The molecule has 0 aliphatic heterocycles. The Kier molecular flexibility index (Phi) is 10.4. The highest BCUT2D eigenvalue weighted by molar-refractivity contribution is 7.92. The Bertz CT molecular complexity index is 1170. The number of benzene rings is 2. The summed E-state index contributed by atoms with van der Waals surface area (Å²) in [5.41, 5.74) is 3.35. The quantitative estimate of drug-likeness (QED) is 0.446. The monoisotopic (exact) mass is 541 g/mol. The Morgan fingerprint density at radius 1 is 1.03 bits per heavy atom. The molecule has 192 valence electrons. The SMILES string of the molecule is CC[C@@H](C(=O)NC)N(Cc1ccc(Cl)c(Cl)c1)C(=O)CCCN(c1ccc(C)c(C)c1)S(C)(=O)=O. The van der Waals surface area contributed by atoms with Crippen molar-refractivity contribution in [1.29, 1.82) is 0 Å². The van der Waals surface area contributed by atoms with Gasteiger partial charge in [-0.05, 0) is 67.6 Å². The van der Waals surface area contributed by atoms with E-state index < -0.39 is 16.1 Å². The summed E-state index contributed by atoms with van der Waals surface area (Å²) in [6, 6.07) is 9.88. The summed E-state index contributed by atoms with van der Waals surface area (Å²) in [5.74, 6) is -0.520. The molecule has 0 heterocycles. The Hall–Kier alpha value is -2.29. The van der Waals surface area contributed by atoms with Crippen LogP contribution in [0.2, 0.25) is 10.0 Å². The van der Waals surface area contributed by atoms with Gasteiger partial charge in [0.1, 0.15) is 6.04 Å². The number of halogens is 2. The molecular formula is C25H33Cl2N3O4S. The molecule has 1 atom stereocenters. The lowest BCUT2D eigenvalue weighted by atomic mass is 10.1. The molecule has 0 fully saturated rings. The third-order valence-corrected chi connectivity index (χ3v) is 7.83. The molecule has 2 rings (SSSR count). The van der Waals surface area contributed by atoms with Crippen molar-refractivity contribution in [3.8, 4) is 0 Å². The number of nitrogens with one attached hydrogen (secondary N) is 1. The fourth-order valence-corrected chi connectivity index (χ4v) is 5.08. The third kappa shape index (κ3) is 7.85. The zero-order valence-corrected chi connectivity index (χ0v) is 23.1. The van der Waals surface area contributed by atoms with Crippen LogP contribution < -0.4 is 9.62 Å².